The summed E-state index contributed by atoms with van der Waals surface area (Å²) in [7, 11) is 0. The summed E-state index contributed by atoms with van der Waals surface area (Å²) in [4.78, 5) is 11.7. The highest BCUT2D eigenvalue weighted by Crippen LogP contribution is 2.27. The molecule has 1 saturated heterocycles. The first kappa shape index (κ1) is 14.6. The summed E-state index contributed by atoms with van der Waals surface area (Å²) in [6.07, 6.45) is 3.53. The standard InChI is InChI=1S/C14H20N6S/c1-21-14-18-12-8-16-5-3-11(12)13(19-14)20-7-6-17-10(9-20)2-4-15/h10,16-17H,2-3,5-9H2,1H3. The van der Waals surface area contributed by atoms with Crippen LogP contribution in [0, 0.1) is 11.3 Å². The van der Waals surface area contributed by atoms with Gasteiger partial charge in [-0.3, -0.25) is 0 Å². The van der Waals surface area contributed by atoms with Crippen molar-refractivity contribution in [2.45, 2.75) is 30.6 Å². The van der Waals surface area contributed by atoms with Gasteiger partial charge in [0, 0.05) is 37.8 Å². The molecule has 1 aromatic heterocycles. The van der Waals surface area contributed by atoms with E-state index in [1.54, 1.807) is 11.8 Å². The average molecular weight is 304 g/mol. The molecule has 1 aromatic rings. The molecule has 0 aromatic carbocycles. The lowest BCUT2D eigenvalue weighted by Crippen LogP contribution is -2.51. The molecule has 0 bridgehead atoms. The lowest BCUT2D eigenvalue weighted by Gasteiger charge is -2.35. The molecule has 7 heteroatoms. The number of nitriles is 1. The van der Waals surface area contributed by atoms with Gasteiger partial charge in [-0.25, -0.2) is 9.97 Å². The number of hydrogen-bond acceptors (Lipinski definition) is 7. The third-order valence-corrected chi connectivity index (χ3v) is 4.52. The Morgan fingerprint density at radius 3 is 3.14 bits per heavy atom. The molecular formula is C14H20N6S. The van der Waals surface area contributed by atoms with Crippen molar-refractivity contribution in [2.24, 2.45) is 0 Å². The Morgan fingerprint density at radius 1 is 1.43 bits per heavy atom. The Balaban J connectivity index is 1.91. The maximum absolute atomic E-state index is 8.90. The average Bonchev–Trinajstić information content (AvgIpc) is 2.54. The van der Waals surface area contributed by atoms with Gasteiger partial charge in [0.1, 0.15) is 5.82 Å². The molecule has 0 radical (unpaired) electrons. The molecule has 1 fully saturated rings. The van der Waals surface area contributed by atoms with Gasteiger partial charge in [0.25, 0.3) is 0 Å². The van der Waals surface area contributed by atoms with Crippen LogP contribution < -0.4 is 15.5 Å². The number of rotatable bonds is 3. The van der Waals surface area contributed by atoms with Crippen molar-refractivity contribution in [3.8, 4) is 6.07 Å². The van der Waals surface area contributed by atoms with Gasteiger partial charge in [-0.15, -0.1) is 0 Å². The van der Waals surface area contributed by atoms with E-state index in [1.807, 2.05) is 6.26 Å². The van der Waals surface area contributed by atoms with Crippen LogP contribution in [0.15, 0.2) is 5.16 Å². The fraction of sp³-hybridized carbons (Fsp3) is 0.643. The molecule has 0 spiro atoms. The van der Waals surface area contributed by atoms with Crippen molar-refractivity contribution in [1.82, 2.24) is 20.6 Å². The summed E-state index contributed by atoms with van der Waals surface area (Å²) in [6, 6.07) is 2.49. The lowest BCUT2D eigenvalue weighted by molar-refractivity contribution is 0.457. The van der Waals surface area contributed by atoms with Crippen molar-refractivity contribution < 1.29 is 0 Å². The van der Waals surface area contributed by atoms with Gasteiger partial charge in [0.15, 0.2) is 5.16 Å². The Bertz CT molecular complexity index is 555. The number of aromatic nitrogens is 2. The molecule has 1 unspecified atom stereocenters. The van der Waals surface area contributed by atoms with Crippen LogP contribution in [-0.4, -0.2) is 48.4 Å². The second-order valence-electron chi connectivity index (χ2n) is 5.35. The molecule has 21 heavy (non-hydrogen) atoms. The molecule has 3 heterocycles. The summed E-state index contributed by atoms with van der Waals surface area (Å²) >= 11 is 1.59. The first-order valence-corrected chi connectivity index (χ1v) is 8.54. The van der Waals surface area contributed by atoms with Crippen LogP contribution >= 0.6 is 11.8 Å². The van der Waals surface area contributed by atoms with Crippen LogP contribution in [0.1, 0.15) is 17.7 Å². The summed E-state index contributed by atoms with van der Waals surface area (Å²) in [5.41, 5.74) is 2.41. The number of piperazine rings is 1. The maximum Gasteiger partial charge on any atom is 0.189 e. The number of fused-ring (bicyclic) bond motifs is 1. The van der Waals surface area contributed by atoms with Crippen LogP contribution in [0.2, 0.25) is 0 Å². The van der Waals surface area contributed by atoms with E-state index in [9.17, 15) is 0 Å². The third-order valence-electron chi connectivity index (χ3n) is 3.97. The minimum atomic E-state index is 0.230. The predicted octanol–water partition coefficient (Wildman–Crippen LogP) is 0.536. The summed E-state index contributed by atoms with van der Waals surface area (Å²) in [5, 5.41) is 16.5. The number of anilines is 1. The highest BCUT2D eigenvalue weighted by atomic mass is 32.2. The van der Waals surface area contributed by atoms with E-state index in [1.165, 1.54) is 5.56 Å². The topological polar surface area (TPSA) is 76.9 Å². The minimum Gasteiger partial charge on any atom is -0.353 e. The lowest BCUT2D eigenvalue weighted by atomic mass is 10.1. The highest BCUT2D eigenvalue weighted by molar-refractivity contribution is 7.98. The fourth-order valence-corrected chi connectivity index (χ4v) is 3.31. The number of hydrogen-bond donors (Lipinski definition) is 2. The first-order valence-electron chi connectivity index (χ1n) is 7.31. The monoisotopic (exact) mass is 304 g/mol. The smallest absolute Gasteiger partial charge is 0.189 e. The molecular weight excluding hydrogens is 284 g/mol. The molecule has 0 amide bonds. The fourth-order valence-electron chi connectivity index (χ4n) is 2.94. The number of nitrogens with one attached hydrogen (secondary N) is 2. The zero-order chi connectivity index (χ0) is 14.7. The zero-order valence-electron chi connectivity index (χ0n) is 12.2. The van der Waals surface area contributed by atoms with Gasteiger partial charge in [0.2, 0.25) is 0 Å². The Hall–Kier alpha value is -1.36. The molecule has 2 aliphatic heterocycles. The van der Waals surface area contributed by atoms with Gasteiger partial charge in [0.05, 0.1) is 18.2 Å². The van der Waals surface area contributed by atoms with E-state index in [-0.39, 0.29) is 6.04 Å². The number of thioether (sulfide) groups is 1. The predicted molar refractivity (Wildman–Crippen MR) is 83.5 cm³/mol. The second kappa shape index (κ2) is 6.60. The van der Waals surface area contributed by atoms with Gasteiger partial charge in [-0.1, -0.05) is 11.8 Å². The number of nitrogens with zero attached hydrogens (tertiary/aromatic N) is 4. The van der Waals surface area contributed by atoms with Gasteiger partial charge in [-0.2, -0.15) is 5.26 Å². The summed E-state index contributed by atoms with van der Waals surface area (Å²) < 4.78 is 0. The molecule has 6 nitrogen and oxygen atoms in total. The van der Waals surface area contributed by atoms with Gasteiger partial charge >= 0.3 is 0 Å². The van der Waals surface area contributed by atoms with Crippen molar-refractivity contribution in [3.63, 3.8) is 0 Å². The summed E-state index contributed by atoms with van der Waals surface area (Å²) in [5.74, 6) is 1.08. The SMILES string of the molecule is CSc1nc2c(c(N3CCNC(CC#N)C3)n1)CCNC2. The van der Waals surface area contributed by atoms with Crippen LogP contribution in [0.3, 0.4) is 0 Å². The zero-order valence-corrected chi connectivity index (χ0v) is 13.0. The van der Waals surface area contributed by atoms with Gasteiger partial charge < -0.3 is 15.5 Å². The van der Waals surface area contributed by atoms with Crippen molar-refractivity contribution in [2.75, 3.05) is 37.3 Å². The quantitative estimate of drug-likeness (QED) is 0.623. The maximum atomic E-state index is 8.90. The Kier molecular flexibility index (Phi) is 4.58. The van der Waals surface area contributed by atoms with E-state index in [0.717, 1.165) is 55.8 Å². The Labute approximate surface area is 129 Å². The molecule has 2 N–H and O–H groups in total. The molecule has 1 atom stereocenters. The molecule has 112 valence electrons. The second-order valence-corrected chi connectivity index (χ2v) is 6.12. The van der Waals surface area contributed by atoms with E-state index >= 15 is 0 Å². The third kappa shape index (κ3) is 3.12. The van der Waals surface area contributed by atoms with Crippen molar-refractivity contribution in [1.29, 1.82) is 5.26 Å². The van der Waals surface area contributed by atoms with Crippen LogP contribution in [-0.2, 0) is 13.0 Å². The van der Waals surface area contributed by atoms with E-state index in [4.69, 9.17) is 10.2 Å². The Morgan fingerprint density at radius 2 is 2.33 bits per heavy atom. The summed E-state index contributed by atoms with van der Waals surface area (Å²) in [6.45, 7) is 4.49. The van der Waals surface area contributed by atoms with E-state index < -0.39 is 0 Å². The van der Waals surface area contributed by atoms with E-state index in [2.05, 4.69) is 26.6 Å². The molecule has 0 aliphatic carbocycles. The minimum absolute atomic E-state index is 0.230. The van der Waals surface area contributed by atoms with Crippen LogP contribution in [0.25, 0.3) is 0 Å². The van der Waals surface area contributed by atoms with Crippen LogP contribution in [0.4, 0.5) is 5.82 Å². The van der Waals surface area contributed by atoms with Crippen molar-refractivity contribution in [3.05, 3.63) is 11.3 Å². The largest absolute Gasteiger partial charge is 0.353 e. The van der Waals surface area contributed by atoms with Crippen LogP contribution in [0.5, 0.6) is 0 Å². The molecule has 0 saturated carbocycles. The molecule has 2 aliphatic rings. The van der Waals surface area contributed by atoms with E-state index in [0.29, 0.717) is 6.42 Å². The van der Waals surface area contributed by atoms with Crippen molar-refractivity contribution >= 4 is 17.6 Å². The highest BCUT2D eigenvalue weighted by Gasteiger charge is 2.25. The first-order chi connectivity index (χ1) is 10.3. The normalized spacial score (nSPS) is 21.7. The van der Waals surface area contributed by atoms with Gasteiger partial charge in [-0.05, 0) is 19.2 Å². The molecule has 3 rings (SSSR count).